The number of hydrogen-bond acceptors (Lipinski definition) is 6. The van der Waals surface area contributed by atoms with Crippen LogP contribution in [0, 0.1) is 6.92 Å². The number of ether oxygens (including phenoxy) is 2. The summed E-state index contributed by atoms with van der Waals surface area (Å²) in [5.41, 5.74) is 1.22. The van der Waals surface area contributed by atoms with E-state index in [-0.39, 0.29) is 6.61 Å². The highest BCUT2D eigenvalue weighted by atomic mass is 32.1. The highest BCUT2D eigenvalue weighted by Crippen LogP contribution is 2.23. The van der Waals surface area contributed by atoms with E-state index in [1.54, 1.807) is 30.3 Å². The molecule has 0 bridgehead atoms. The maximum absolute atomic E-state index is 12.0. The minimum atomic E-state index is -0.609. The molecule has 1 amide bonds. The Bertz CT molecular complexity index is 983. The smallest absolute Gasteiger partial charge is 0.331 e. The second-order valence-corrected chi connectivity index (χ2v) is 6.79. The van der Waals surface area contributed by atoms with Gasteiger partial charge in [0, 0.05) is 23.2 Å². The van der Waals surface area contributed by atoms with Crippen molar-refractivity contribution in [2.45, 2.75) is 6.92 Å². The first-order valence-electron chi connectivity index (χ1n) is 8.48. The highest BCUT2D eigenvalue weighted by Gasteiger charge is 2.07. The molecular formula is C21H18N2O4S. The first-order chi connectivity index (χ1) is 13.6. The quantitative estimate of drug-likeness (QED) is 0.474. The summed E-state index contributed by atoms with van der Waals surface area (Å²) < 4.78 is 10.7. The van der Waals surface area contributed by atoms with Crippen LogP contribution < -0.4 is 10.1 Å². The number of thiazole rings is 1. The minimum absolute atomic E-state index is 0.386. The van der Waals surface area contributed by atoms with Crippen LogP contribution in [0.3, 0.4) is 0 Å². The van der Waals surface area contributed by atoms with Crippen molar-refractivity contribution in [2.24, 2.45) is 0 Å². The third-order valence-electron chi connectivity index (χ3n) is 3.47. The van der Waals surface area contributed by atoms with Gasteiger partial charge in [0.1, 0.15) is 11.5 Å². The first-order valence-corrected chi connectivity index (χ1v) is 9.36. The largest absolute Gasteiger partial charge is 0.457 e. The molecule has 3 aromatic rings. The Kier molecular flexibility index (Phi) is 6.54. The number of para-hydroxylation sites is 1. The van der Waals surface area contributed by atoms with Gasteiger partial charge in [0.25, 0.3) is 5.91 Å². The molecule has 6 nitrogen and oxygen atoms in total. The lowest BCUT2D eigenvalue weighted by atomic mass is 10.3. The molecule has 0 aliphatic carbocycles. The summed E-state index contributed by atoms with van der Waals surface area (Å²) in [6.07, 6.45) is 2.80. The number of amides is 1. The fraction of sp³-hybridized carbons (Fsp3) is 0.0952. The van der Waals surface area contributed by atoms with Crippen molar-refractivity contribution < 1.29 is 19.1 Å². The maximum Gasteiger partial charge on any atom is 0.331 e. The topological polar surface area (TPSA) is 77.5 Å². The second-order valence-electron chi connectivity index (χ2n) is 5.72. The monoisotopic (exact) mass is 394 g/mol. The summed E-state index contributed by atoms with van der Waals surface area (Å²) >= 11 is 1.49. The van der Waals surface area contributed by atoms with Gasteiger partial charge in [-0.25, -0.2) is 9.78 Å². The van der Waals surface area contributed by atoms with Gasteiger partial charge in [0.2, 0.25) is 0 Å². The van der Waals surface area contributed by atoms with Crippen LogP contribution in [-0.4, -0.2) is 23.5 Å². The number of benzene rings is 2. The number of esters is 1. The fourth-order valence-electron chi connectivity index (χ4n) is 2.25. The molecule has 7 heteroatoms. The van der Waals surface area contributed by atoms with Crippen LogP contribution in [0.5, 0.6) is 11.5 Å². The van der Waals surface area contributed by atoms with E-state index in [1.165, 1.54) is 17.4 Å². The van der Waals surface area contributed by atoms with E-state index in [0.29, 0.717) is 22.9 Å². The van der Waals surface area contributed by atoms with Crippen LogP contribution in [0.15, 0.2) is 66.1 Å². The van der Waals surface area contributed by atoms with Crippen LogP contribution in [0.25, 0.3) is 6.08 Å². The Morgan fingerprint density at radius 2 is 1.89 bits per heavy atom. The van der Waals surface area contributed by atoms with Crippen molar-refractivity contribution in [1.82, 2.24) is 4.98 Å². The normalized spacial score (nSPS) is 10.6. The van der Waals surface area contributed by atoms with Crippen molar-refractivity contribution in [3.63, 3.8) is 0 Å². The Morgan fingerprint density at radius 1 is 1.11 bits per heavy atom. The molecule has 0 aliphatic rings. The van der Waals surface area contributed by atoms with Gasteiger partial charge in [-0.2, -0.15) is 0 Å². The summed E-state index contributed by atoms with van der Waals surface area (Å²) in [6.45, 7) is 1.49. The van der Waals surface area contributed by atoms with Crippen LogP contribution in [-0.2, 0) is 14.3 Å². The Balaban J connectivity index is 1.48. The van der Waals surface area contributed by atoms with E-state index in [2.05, 4.69) is 10.3 Å². The molecule has 142 valence electrons. The molecule has 0 saturated heterocycles. The fourth-order valence-corrected chi connectivity index (χ4v) is 2.83. The molecule has 0 radical (unpaired) electrons. The molecule has 1 aromatic heterocycles. The zero-order valence-electron chi connectivity index (χ0n) is 15.1. The zero-order chi connectivity index (χ0) is 19.8. The molecule has 0 fully saturated rings. The first kappa shape index (κ1) is 19.3. The van der Waals surface area contributed by atoms with Gasteiger partial charge in [-0.15, -0.1) is 11.3 Å². The van der Waals surface area contributed by atoms with Crippen LogP contribution in [0.2, 0.25) is 0 Å². The SMILES string of the molecule is Cc1nc(/C=C/C(=O)OCC(=O)Nc2cccc(Oc3ccccc3)c2)cs1. The van der Waals surface area contributed by atoms with Crippen molar-refractivity contribution >= 4 is 35.0 Å². The minimum Gasteiger partial charge on any atom is -0.457 e. The molecular weight excluding hydrogens is 376 g/mol. The van der Waals surface area contributed by atoms with E-state index in [1.807, 2.05) is 42.6 Å². The average molecular weight is 394 g/mol. The van der Waals surface area contributed by atoms with Gasteiger partial charge in [0.15, 0.2) is 6.61 Å². The predicted octanol–water partition coefficient (Wildman–Crippen LogP) is 4.44. The Labute approximate surface area is 166 Å². The number of aryl methyl sites for hydroxylation is 1. The van der Waals surface area contributed by atoms with Crippen molar-refractivity contribution in [3.05, 3.63) is 76.8 Å². The summed E-state index contributed by atoms with van der Waals surface area (Å²) in [6, 6.07) is 16.3. The van der Waals surface area contributed by atoms with Gasteiger partial charge in [-0.05, 0) is 37.3 Å². The maximum atomic E-state index is 12.0. The molecule has 0 atom stereocenters. The molecule has 0 saturated carbocycles. The van der Waals surface area contributed by atoms with Crippen molar-refractivity contribution in [1.29, 1.82) is 0 Å². The standard InChI is InChI=1S/C21H18N2O4S/c1-15-22-17(14-28-15)10-11-21(25)26-13-20(24)23-16-6-5-9-19(12-16)27-18-7-3-2-4-8-18/h2-12,14H,13H2,1H3,(H,23,24)/b11-10+. The third-order valence-corrected chi connectivity index (χ3v) is 4.26. The molecule has 1 heterocycles. The van der Waals surface area contributed by atoms with Crippen LogP contribution >= 0.6 is 11.3 Å². The molecule has 28 heavy (non-hydrogen) atoms. The van der Waals surface area contributed by atoms with Gasteiger partial charge in [0.05, 0.1) is 10.7 Å². The van der Waals surface area contributed by atoms with E-state index in [0.717, 1.165) is 5.01 Å². The molecule has 0 spiro atoms. The number of nitrogens with zero attached hydrogens (tertiary/aromatic N) is 1. The predicted molar refractivity (Wildman–Crippen MR) is 108 cm³/mol. The van der Waals surface area contributed by atoms with E-state index < -0.39 is 11.9 Å². The van der Waals surface area contributed by atoms with Gasteiger partial charge in [-0.1, -0.05) is 24.3 Å². The molecule has 2 aromatic carbocycles. The van der Waals surface area contributed by atoms with Crippen LogP contribution in [0.4, 0.5) is 5.69 Å². The summed E-state index contributed by atoms with van der Waals surface area (Å²) in [5.74, 6) is 0.231. The molecule has 0 aliphatic heterocycles. The average Bonchev–Trinajstić information content (AvgIpc) is 3.11. The number of anilines is 1. The number of nitrogens with one attached hydrogen (secondary N) is 1. The summed E-state index contributed by atoms with van der Waals surface area (Å²) in [5, 5.41) is 5.41. The molecule has 3 rings (SSSR count). The lowest BCUT2D eigenvalue weighted by Crippen LogP contribution is -2.20. The summed E-state index contributed by atoms with van der Waals surface area (Å²) in [7, 11) is 0. The van der Waals surface area contributed by atoms with Crippen molar-refractivity contribution in [2.75, 3.05) is 11.9 Å². The number of rotatable bonds is 7. The Morgan fingerprint density at radius 3 is 2.64 bits per heavy atom. The number of aromatic nitrogens is 1. The molecule has 1 N–H and O–H groups in total. The number of carbonyl (C=O) groups excluding carboxylic acids is 2. The molecule has 0 unspecified atom stereocenters. The third kappa shape index (κ3) is 6.07. The Hall–Kier alpha value is -3.45. The van der Waals surface area contributed by atoms with E-state index >= 15 is 0 Å². The van der Waals surface area contributed by atoms with Crippen molar-refractivity contribution in [3.8, 4) is 11.5 Å². The lowest BCUT2D eigenvalue weighted by molar-refractivity contribution is -0.142. The number of carbonyl (C=O) groups is 2. The zero-order valence-corrected chi connectivity index (χ0v) is 15.9. The van der Waals surface area contributed by atoms with Gasteiger partial charge in [-0.3, -0.25) is 4.79 Å². The number of hydrogen-bond donors (Lipinski definition) is 1. The highest BCUT2D eigenvalue weighted by molar-refractivity contribution is 7.09. The van der Waals surface area contributed by atoms with E-state index in [4.69, 9.17) is 9.47 Å². The lowest BCUT2D eigenvalue weighted by Gasteiger charge is -2.09. The van der Waals surface area contributed by atoms with Gasteiger partial charge >= 0.3 is 5.97 Å². The van der Waals surface area contributed by atoms with Crippen LogP contribution in [0.1, 0.15) is 10.7 Å². The second kappa shape index (κ2) is 9.48. The summed E-state index contributed by atoms with van der Waals surface area (Å²) in [4.78, 5) is 27.9. The van der Waals surface area contributed by atoms with Gasteiger partial charge < -0.3 is 14.8 Å². The van der Waals surface area contributed by atoms with E-state index in [9.17, 15) is 9.59 Å².